The number of aromatic nitrogens is 1. The Morgan fingerprint density at radius 3 is 2.79 bits per heavy atom. The van der Waals surface area contributed by atoms with Crippen molar-refractivity contribution in [1.82, 2.24) is 4.98 Å². The first-order chi connectivity index (χ1) is 9.06. The summed E-state index contributed by atoms with van der Waals surface area (Å²) in [5.74, 6) is -0.0756. The van der Waals surface area contributed by atoms with Crippen LogP contribution in [0.4, 0.5) is 5.69 Å². The minimum absolute atomic E-state index is 0.322. The Balaban J connectivity index is 2.63. The highest BCUT2D eigenvalue weighted by Crippen LogP contribution is 2.29. The average molecular weight is 258 g/mol. The van der Waals surface area contributed by atoms with Crippen LogP contribution in [-0.4, -0.2) is 17.6 Å². The Morgan fingerprint density at radius 2 is 2.16 bits per heavy atom. The molecule has 0 fully saturated rings. The maximum absolute atomic E-state index is 11.8. The highest BCUT2D eigenvalue weighted by Gasteiger charge is 2.16. The maximum atomic E-state index is 11.8. The lowest BCUT2D eigenvalue weighted by atomic mass is 9.98. The lowest BCUT2D eigenvalue weighted by molar-refractivity contribution is 0.0527. The van der Waals surface area contributed by atoms with Gasteiger partial charge in [-0.1, -0.05) is 32.0 Å². The van der Waals surface area contributed by atoms with Crippen LogP contribution >= 0.6 is 0 Å². The van der Waals surface area contributed by atoms with Gasteiger partial charge >= 0.3 is 5.97 Å². The number of carbonyl (C=O) groups is 1. The van der Waals surface area contributed by atoms with Crippen LogP contribution in [0.15, 0.2) is 24.4 Å². The third kappa shape index (κ3) is 2.38. The van der Waals surface area contributed by atoms with E-state index in [2.05, 4.69) is 18.8 Å². The summed E-state index contributed by atoms with van der Waals surface area (Å²) in [5, 5.41) is 0.803. The van der Waals surface area contributed by atoms with Crippen LogP contribution in [0, 0.1) is 0 Å². The van der Waals surface area contributed by atoms with E-state index in [1.807, 2.05) is 18.2 Å². The largest absolute Gasteiger partial charge is 0.462 e. The van der Waals surface area contributed by atoms with E-state index in [0.29, 0.717) is 23.8 Å². The van der Waals surface area contributed by atoms with Gasteiger partial charge in [0.15, 0.2) is 0 Å². The van der Waals surface area contributed by atoms with Gasteiger partial charge in [-0.25, -0.2) is 4.79 Å². The van der Waals surface area contributed by atoms with Gasteiger partial charge in [-0.05, 0) is 18.4 Å². The van der Waals surface area contributed by atoms with Crippen LogP contribution in [0.1, 0.15) is 42.6 Å². The third-order valence-corrected chi connectivity index (χ3v) is 3.09. The first-order valence-electron chi connectivity index (χ1n) is 6.40. The van der Waals surface area contributed by atoms with Gasteiger partial charge < -0.3 is 10.5 Å². The molecule has 1 heterocycles. The van der Waals surface area contributed by atoms with Gasteiger partial charge in [-0.2, -0.15) is 0 Å². The minimum Gasteiger partial charge on any atom is -0.462 e. The number of para-hydroxylation sites is 1. The van der Waals surface area contributed by atoms with Crippen molar-refractivity contribution in [3.05, 3.63) is 35.5 Å². The third-order valence-electron chi connectivity index (χ3n) is 3.09. The van der Waals surface area contributed by atoms with E-state index in [0.717, 1.165) is 16.5 Å². The van der Waals surface area contributed by atoms with Crippen LogP contribution in [0.5, 0.6) is 0 Å². The number of ether oxygens (including phenoxy) is 1. The van der Waals surface area contributed by atoms with Crippen LogP contribution < -0.4 is 5.73 Å². The number of nitrogens with zero attached hydrogens (tertiary/aromatic N) is 1. The summed E-state index contributed by atoms with van der Waals surface area (Å²) < 4.78 is 4.98. The molecule has 0 unspecified atom stereocenters. The van der Waals surface area contributed by atoms with Gasteiger partial charge in [0, 0.05) is 11.6 Å². The molecule has 0 aliphatic rings. The zero-order valence-corrected chi connectivity index (χ0v) is 11.4. The number of fused-ring (bicyclic) bond motifs is 1. The molecule has 0 saturated heterocycles. The second-order valence-corrected chi connectivity index (χ2v) is 4.70. The molecule has 0 radical (unpaired) electrons. The Morgan fingerprint density at radius 1 is 1.42 bits per heavy atom. The highest BCUT2D eigenvalue weighted by atomic mass is 16.5. The molecule has 2 rings (SSSR count). The molecule has 0 bridgehead atoms. The Bertz CT molecular complexity index is 621. The molecule has 2 aromatic rings. The molecule has 0 aliphatic heterocycles. The summed E-state index contributed by atoms with van der Waals surface area (Å²) in [6.45, 7) is 6.29. The van der Waals surface area contributed by atoms with Gasteiger partial charge in [0.25, 0.3) is 0 Å². The molecule has 0 spiro atoms. The summed E-state index contributed by atoms with van der Waals surface area (Å²) in [4.78, 5) is 16.2. The van der Waals surface area contributed by atoms with E-state index < -0.39 is 5.97 Å². The molecule has 4 heteroatoms. The molecular weight excluding hydrogens is 240 g/mol. The zero-order valence-electron chi connectivity index (χ0n) is 11.4. The predicted molar refractivity (Wildman–Crippen MR) is 76.2 cm³/mol. The highest BCUT2D eigenvalue weighted by molar-refractivity contribution is 6.04. The van der Waals surface area contributed by atoms with Gasteiger partial charge in [0.1, 0.15) is 5.56 Å². The molecule has 0 aliphatic carbocycles. The number of pyridine rings is 1. The fourth-order valence-corrected chi connectivity index (χ4v) is 2.10. The minimum atomic E-state index is -0.427. The normalized spacial score (nSPS) is 10.9. The molecule has 4 nitrogen and oxygen atoms in total. The van der Waals surface area contributed by atoms with E-state index in [4.69, 9.17) is 10.5 Å². The van der Waals surface area contributed by atoms with Crippen molar-refractivity contribution in [3.8, 4) is 0 Å². The second-order valence-electron chi connectivity index (χ2n) is 4.70. The molecule has 0 saturated carbocycles. The number of hydrogen-bond acceptors (Lipinski definition) is 4. The van der Waals surface area contributed by atoms with Crippen LogP contribution in [-0.2, 0) is 4.74 Å². The number of esters is 1. The van der Waals surface area contributed by atoms with Crippen molar-refractivity contribution in [2.45, 2.75) is 26.7 Å². The van der Waals surface area contributed by atoms with Crippen LogP contribution in [0.3, 0.4) is 0 Å². The van der Waals surface area contributed by atoms with E-state index in [1.165, 1.54) is 6.20 Å². The SMILES string of the molecule is CCOC(=O)c1cnc2c(C(C)C)cccc2c1N. The average Bonchev–Trinajstić information content (AvgIpc) is 2.38. The fraction of sp³-hybridized carbons (Fsp3) is 0.333. The molecule has 19 heavy (non-hydrogen) atoms. The zero-order chi connectivity index (χ0) is 14.0. The van der Waals surface area contributed by atoms with E-state index in [1.54, 1.807) is 6.92 Å². The first-order valence-corrected chi connectivity index (χ1v) is 6.40. The predicted octanol–water partition coefficient (Wildman–Crippen LogP) is 3.12. The van der Waals surface area contributed by atoms with E-state index >= 15 is 0 Å². The lowest BCUT2D eigenvalue weighted by Crippen LogP contribution is -2.09. The number of anilines is 1. The van der Waals surface area contributed by atoms with Gasteiger partial charge in [0.2, 0.25) is 0 Å². The lowest BCUT2D eigenvalue weighted by Gasteiger charge is -2.12. The molecule has 0 atom stereocenters. The number of carbonyl (C=O) groups excluding carboxylic acids is 1. The number of nitrogen functional groups attached to an aromatic ring is 1. The second kappa shape index (κ2) is 5.26. The monoisotopic (exact) mass is 258 g/mol. The Hall–Kier alpha value is -2.10. The fourth-order valence-electron chi connectivity index (χ4n) is 2.10. The summed E-state index contributed by atoms with van der Waals surface area (Å²) in [7, 11) is 0. The van der Waals surface area contributed by atoms with E-state index in [-0.39, 0.29) is 0 Å². The molecule has 0 amide bonds. The molecule has 1 aromatic carbocycles. The topological polar surface area (TPSA) is 65.2 Å². The quantitative estimate of drug-likeness (QED) is 0.859. The summed E-state index contributed by atoms with van der Waals surface area (Å²) in [5.41, 5.74) is 8.82. The van der Waals surface area contributed by atoms with Crippen molar-refractivity contribution in [2.24, 2.45) is 0 Å². The van der Waals surface area contributed by atoms with Crippen molar-refractivity contribution in [3.63, 3.8) is 0 Å². The van der Waals surface area contributed by atoms with Crippen LogP contribution in [0.25, 0.3) is 10.9 Å². The van der Waals surface area contributed by atoms with Gasteiger partial charge in [0.05, 0.1) is 17.8 Å². The number of nitrogens with two attached hydrogens (primary N) is 1. The van der Waals surface area contributed by atoms with Crippen molar-refractivity contribution in [2.75, 3.05) is 12.3 Å². The number of hydrogen-bond donors (Lipinski definition) is 1. The standard InChI is InChI=1S/C15H18N2O2/c1-4-19-15(18)12-8-17-14-10(9(2)3)6-5-7-11(14)13(12)16/h5-9H,4H2,1-3H3,(H2,16,17). The first kappa shape index (κ1) is 13.3. The Labute approximate surface area is 112 Å². The molecule has 1 aromatic heterocycles. The maximum Gasteiger partial charge on any atom is 0.341 e. The van der Waals surface area contributed by atoms with Gasteiger partial charge in [-0.3, -0.25) is 4.98 Å². The number of benzene rings is 1. The Kier molecular flexibility index (Phi) is 3.69. The molecule has 2 N–H and O–H groups in total. The summed E-state index contributed by atoms with van der Waals surface area (Å²) in [6.07, 6.45) is 1.50. The van der Waals surface area contributed by atoms with E-state index in [9.17, 15) is 4.79 Å². The van der Waals surface area contributed by atoms with Crippen molar-refractivity contribution < 1.29 is 9.53 Å². The molecule has 100 valence electrons. The van der Waals surface area contributed by atoms with Gasteiger partial charge in [-0.15, -0.1) is 0 Å². The van der Waals surface area contributed by atoms with Crippen molar-refractivity contribution >= 4 is 22.6 Å². The number of rotatable bonds is 3. The smallest absolute Gasteiger partial charge is 0.341 e. The van der Waals surface area contributed by atoms with Crippen molar-refractivity contribution in [1.29, 1.82) is 0 Å². The summed E-state index contributed by atoms with van der Waals surface area (Å²) in [6, 6.07) is 5.85. The molecular formula is C15H18N2O2. The van der Waals surface area contributed by atoms with Crippen LogP contribution in [0.2, 0.25) is 0 Å². The summed E-state index contributed by atoms with van der Waals surface area (Å²) >= 11 is 0.